The molecule has 0 fully saturated rings. The molecule has 0 nitrogen and oxygen atoms in total. The van der Waals surface area contributed by atoms with Gasteiger partial charge in [-0.05, 0) is 52.8 Å². The molecule has 0 amide bonds. The predicted molar refractivity (Wildman–Crippen MR) is 145 cm³/mol. The second-order valence-corrected chi connectivity index (χ2v) is 15.4. The van der Waals surface area contributed by atoms with Crippen LogP contribution in [0.2, 0.25) is 13.1 Å². The number of benzene rings is 2. The van der Waals surface area contributed by atoms with Crippen LogP contribution < -0.4 is 24.8 Å². The molecule has 1 atom stereocenters. The Kier molecular flexibility index (Phi) is 10.5. The molecule has 1 unspecified atom stereocenters. The van der Waals surface area contributed by atoms with E-state index in [4.69, 9.17) is 0 Å². The van der Waals surface area contributed by atoms with E-state index in [0.717, 1.165) is 5.54 Å². The Labute approximate surface area is 247 Å². The first-order valence-electron chi connectivity index (χ1n) is 11.9. The normalized spacial score (nSPS) is 16.2. The fourth-order valence-electron chi connectivity index (χ4n) is 6.04. The molecule has 2 aliphatic heterocycles. The van der Waals surface area contributed by atoms with Crippen LogP contribution >= 0.6 is 11.3 Å². The van der Waals surface area contributed by atoms with Crippen LogP contribution in [0.5, 0.6) is 0 Å². The summed E-state index contributed by atoms with van der Waals surface area (Å²) in [6.45, 7) is 11.7. The second-order valence-electron chi connectivity index (χ2n) is 10.1. The fraction of sp³-hybridized carbons (Fsp3) is 0.300. The van der Waals surface area contributed by atoms with Gasteiger partial charge in [-0.3, -0.25) is 0 Å². The van der Waals surface area contributed by atoms with Crippen LogP contribution in [0, 0.1) is 6.92 Å². The molecule has 2 bridgehead atoms. The predicted octanol–water partition coefficient (Wildman–Crippen LogP) is 3.30. The first-order chi connectivity index (χ1) is 15.4. The molecule has 0 saturated heterocycles. The molecule has 3 aliphatic rings. The molecule has 0 saturated carbocycles. The summed E-state index contributed by atoms with van der Waals surface area (Å²) in [7, 11) is -0.976. The van der Waals surface area contributed by atoms with E-state index in [1.807, 2.05) is 11.3 Å². The van der Waals surface area contributed by atoms with E-state index in [1.54, 1.807) is 21.9 Å². The van der Waals surface area contributed by atoms with Crippen molar-refractivity contribution in [2.24, 2.45) is 0 Å². The Morgan fingerprint density at radius 1 is 0.943 bits per heavy atom. The summed E-state index contributed by atoms with van der Waals surface area (Å²) in [6.07, 6.45) is 3.72. The first kappa shape index (κ1) is 30.4. The van der Waals surface area contributed by atoms with Crippen LogP contribution in [0.25, 0.3) is 27.1 Å². The van der Waals surface area contributed by atoms with Crippen molar-refractivity contribution in [3.05, 3.63) is 93.2 Å². The van der Waals surface area contributed by atoms with E-state index >= 15 is 0 Å². The third-order valence-corrected chi connectivity index (χ3v) is 12.3. The smallest absolute Gasteiger partial charge is 1.00 e. The molecule has 1 aliphatic carbocycles. The number of aryl methyl sites for hydroxylation is 2. The molecule has 1 radical (unpaired) electrons. The standard InChI is InChI=1S/C20H21.C10H12SSi.2ClH.Zr/c1-3-4-6-16-9-11-17(12-10-16)19-8-5-7-18-13-15(2)14-20(18)19;1-6-9-7-4-11-5-8(7)10(6)12(9,2)3;;;/h5,7-14H,3-4,6H2,1-2H3;4-5,9H,1-3H3;2*1H;/q-1;;;;+3/p-2. The molecule has 3 aromatic carbocycles. The number of halogens is 2. The molecular formula is C30H33Cl2SSiZr. The Morgan fingerprint density at radius 3 is 2.29 bits per heavy atom. The van der Waals surface area contributed by atoms with Gasteiger partial charge in [0.2, 0.25) is 0 Å². The quantitative estimate of drug-likeness (QED) is 0.244. The summed E-state index contributed by atoms with van der Waals surface area (Å²) < 4.78 is 0. The van der Waals surface area contributed by atoms with Gasteiger partial charge in [-0.2, -0.15) is 17.4 Å². The maximum Gasteiger partial charge on any atom is 3.00 e. The van der Waals surface area contributed by atoms with Crippen molar-refractivity contribution < 1.29 is 51.0 Å². The number of rotatable bonds is 4. The Hall–Kier alpha value is -0.830. The van der Waals surface area contributed by atoms with Crippen molar-refractivity contribution in [2.75, 3.05) is 0 Å². The summed E-state index contributed by atoms with van der Waals surface area (Å²) in [5.41, 5.74) is 11.3. The van der Waals surface area contributed by atoms with Crippen molar-refractivity contribution in [3.63, 3.8) is 0 Å². The molecule has 3 heterocycles. The molecule has 7 rings (SSSR count). The third kappa shape index (κ3) is 5.41. The maximum atomic E-state index is 2.50. The third-order valence-electron chi connectivity index (χ3n) is 7.44. The van der Waals surface area contributed by atoms with Crippen LogP contribution in [0.4, 0.5) is 0 Å². The monoisotopic (exact) mass is 613 g/mol. The van der Waals surface area contributed by atoms with Crippen molar-refractivity contribution in [3.8, 4) is 11.1 Å². The summed E-state index contributed by atoms with van der Waals surface area (Å²) in [6, 6.07) is 20.2. The van der Waals surface area contributed by atoms with E-state index in [9.17, 15) is 0 Å². The van der Waals surface area contributed by atoms with Crippen LogP contribution in [0.3, 0.4) is 0 Å². The minimum Gasteiger partial charge on any atom is -1.00 e. The summed E-state index contributed by atoms with van der Waals surface area (Å²) >= 11 is 1.87. The van der Waals surface area contributed by atoms with Crippen molar-refractivity contribution in [1.29, 1.82) is 0 Å². The zero-order chi connectivity index (χ0) is 22.5. The SMILES string of the molecule is CC1=C2c3cscc3C1[Si]2(C)C.CCCCc1ccc(-c2cccc3[cH-]c(C)cc23)cc1.[Cl-].[Cl-].[Zr+3]. The van der Waals surface area contributed by atoms with Crippen LogP contribution in [0.15, 0.2) is 70.9 Å². The summed E-state index contributed by atoms with van der Waals surface area (Å²) in [5.74, 6) is 0. The minimum absolute atomic E-state index is 0. The second kappa shape index (κ2) is 12.1. The minimum atomic E-state index is -0.976. The van der Waals surface area contributed by atoms with E-state index < -0.39 is 8.07 Å². The number of allylic oxidation sites excluding steroid dienone is 1. The number of thiophene rings is 1. The van der Waals surface area contributed by atoms with Gasteiger partial charge in [-0.25, -0.2) is 0 Å². The Balaban J connectivity index is 0.000000249. The fourth-order valence-corrected chi connectivity index (χ4v) is 11.5. The average molecular weight is 616 g/mol. The van der Waals surface area contributed by atoms with Gasteiger partial charge in [0.1, 0.15) is 0 Å². The first-order valence-corrected chi connectivity index (χ1v) is 16.0. The molecule has 181 valence electrons. The summed E-state index contributed by atoms with van der Waals surface area (Å²) in [5, 5.41) is 9.18. The van der Waals surface area contributed by atoms with E-state index in [1.165, 1.54) is 52.3 Å². The van der Waals surface area contributed by atoms with Crippen LogP contribution in [-0.4, -0.2) is 8.07 Å². The molecule has 0 spiro atoms. The number of hydrogen-bond donors (Lipinski definition) is 0. The van der Waals surface area contributed by atoms with E-state index in [2.05, 4.69) is 99.2 Å². The average Bonchev–Trinajstić information content (AvgIpc) is 3.49. The number of fused-ring (bicyclic) bond motifs is 1. The maximum absolute atomic E-state index is 2.50. The zero-order valence-electron chi connectivity index (χ0n) is 21.2. The van der Waals surface area contributed by atoms with E-state index in [0.29, 0.717) is 0 Å². The van der Waals surface area contributed by atoms with Crippen LogP contribution in [-0.2, 0) is 32.6 Å². The topological polar surface area (TPSA) is 0 Å². The van der Waals surface area contributed by atoms with Crippen molar-refractivity contribution in [1.82, 2.24) is 0 Å². The molecule has 35 heavy (non-hydrogen) atoms. The van der Waals surface area contributed by atoms with Crippen LogP contribution in [0.1, 0.15) is 54.5 Å². The van der Waals surface area contributed by atoms with Crippen molar-refractivity contribution in [2.45, 2.75) is 58.7 Å². The zero-order valence-corrected chi connectivity index (χ0v) is 27.0. The van der Waals surface area contributed by atoms with Gasteiger partial charge in [-0.1, -0.05) is 80.0 Å². The summed E-state index contributed by atoms with van der Waals surface area (Å²) in [4.78, 5) is 0. The van der Waals surface area contributed by atoms with Gasteiger partial charge in [0.25, 0.3) is 0 Å². The Morgan fingerprint density at radius 2 is 1.66 bits per heavy atom. The Bertz CT molecular complexity index is 1310. The van der Waals surface area contributed by atoms with Gasteiger partial charge in [0.05, 0.1) is 8.07 Å². The molecule has 4 aromatic rings. The van der Waals surface area contributed by atoms with Gasteiger partial charge in [0, 0.05) is 5.54 Å². The molecule has 0 N–H and O–H groups in total. The number of unbranched alkanes of at least 4 members (excludes halogenated alkanes) is 1. The molecular weight excluding hydrogens is 583 g/mol. The van der Waals surface area contributed by atoms with E-state index in [-0.39, 0.29) is 51.0 Å². The molecule has 5 heteroatoms. The van der Waals surface area contributed by atoms with Gasteiger partial charge >= 0.3 is 26.2 Å². The van der Waals surface area contributed by atoms with Gasteiger partial charge < -0.3 is 24.8 Å². The largest absolute Gasteiger partial charge is 3.00 e. The number of hydrogen-bond acceptors (Lipinski definition) is 1. The molecule has 1 aromatic heterocycles. The van der Waals surface area contributed by atoms with Gasteiger partial charge in [0.15, 0.2) is 0 Å². The van der Waals surface area contributed by atoms with Crippen molar-refractivity contribution >= 4 is 35.4 Å². The van der Waals surface area contributed by atoms with Gasteiger partial charge in [-0.15, -0.1) is 34.5 Å².